The van der Waals surface area contributed by atoms with Crippen molar-refractivity contribution in [2.45, 2.75) is 0 Å². The van der Waals surface area contributed by atoms with E-state index in [9.17, 15) is 0 Å². The number of nitrogens with zero attached hydrogens (tertiary/aromatic N) is 5. The molecule has 0 radical (unpaired) electrons. The van der Waals surface area contributed by atoms with Crippen molar-refractivity contribution < 1.29 is 4.74 Å². The lowest BCUT2D eigenvalue weighted by molar-refractivity contribution is 0.260. The number of aliphatic imine (C=N–C) groups is 1. The van der Waals surface area contributed by atoms with Crippen LogP contribution in [0.3, 0.4) is 0 Å². The average Bonchev–Trinajstić information content (AvgIpc) is 2.77. The molecule has 1 fully saturated rings. The van der Waals surface area contributed by atoms with Crippen LogP contribution >= 0.6 is 0 Å². The molecule has 1 aromatic carbocycles. The van der Waals surface area contributed by atoms with Gasteiger partial charge < -0.3 is 20.3 Å². The van der Waals surface area contributed by atoms with Crippen molar-refractivity contribution in [1.82, 2.24) is 25.5 Å². The smallest absolute Gasteiger partial charge is 0.225 e. The Morgan fingerprint density at radius 2 is 1.71 bits per heavy atom. The molecule has 8 nitrogen and oxygen atoms in total. The molecule has 0 unspecified atom stereocenters. The van der Waals surface area contributed by atoms with E-state index in [1.165, 1.54) is 0 Å². The van der Waals surface area contributed by atoms with Crippen molar-refractivity contribution >= 4 is 11.9 Å². The monoisotopic (exact) mass is 383 g/mol. The first-order chi connectivity index (χ1) is 13.8. The van der Waals surface area contributed by atoms with Crippen LogP contribution in [0.5, 0.6) is 5.75 Å². The van der Waals surface area contributed by atoms with Gasteiger partial charge in [-0.25, -0.2) is 9.97 Å². The first-order valence-electron chi connectivity index (χ1n) is 9.72. The SMILES string of the molecule is CN=C(NCCOc1ccccc1)NCCN1CCN(c2ncccn2)CC1. The summed E-state index contributed by atoms with van der Waals surface area (Å²) in [6, 6.07) is 11.7. The van der Waals surface area contributed by atoms with E-state index in [1.807, 2.05) is 36.4 Å². The summed E-state index contributed by atoms with van der Waals surface area (Å²) in [5.41, 5.74) is 0. The Labute approximate surface area is 166 Å². The largest absolute Gasteiger partial charge is 0.492 e. The summed E-state index contributed by atoms with van der Waals surface area (Å²) in [6.45, 7) is 7.04. The number of hydrogen-bond acceptors (Lipinski definition) is 6. The molecule has 1 saturated heterocycles. The first-order valence-corrected chi connectivity index (χ1v) is 9.72. The molecule has 2 N–H and O–H groups in total. The summed E-state index contributed by atoms with van der Waals surface area (Å²) in [5, 5.41) is 6.64. The highest BCUT2D eigenvalue weighted by Gasteiger charge is 2.18. The van der Waals surface area contributed by atoms with E-state index < -0.39 is 0 Å². The molecule has 28 heavy (non-hydrogen) atoms. The van der Waals surface area contributed by atoms with Gasteiger partial charge in [0.15, 0.2) is 5.96 Å². The van der Waals surface area contributed by atoms with Crippen molar-refractivity contribution in [1.29, 1.82) is 0 Å². The molecule has 0 atom stereocenters. The predicted octanol–water partition coefficient (Wildman–Crippen LogP) is 0.843. The quantitative estimate of drug-likeness (QED) is 0.397. The second-order valence-electron chi connectivity index (χ2n) is 6.46. The molecule has 0 bridgehead atoms. The summed E-state index contributed by atoms with van der Waals surface area (Å²) < 4.78 is 5.68. The molecule has 150 valence electrons. The Morgan fingerprint density at radius 3 is 2.43 bits per heavy atom. The Kier molecular flexibility index (Phi) is 7.87. The minimum absolute atomic E-state index is 0.591. The van der Waals surface area contributed by atoms with Crippen molar-refractivity contribution in [3.05, 3.63) is 48.8 Å². The number of para-hydroxylation sites is 1. The van der Waals surface area contributed by atoms with Gasteiger partial charge in [0.05, 0.1) is 6.54 Å². The summed E-state index contributed by atoms with van der Waals surface area (Å²) in [6.07, 6.45) is 3.59. The molecular formula is C20H29N7O. The van der Waals surface area contributed by atoms with Gasteiger partial charge in [-0.15, -0.1) is 0 Å². The molecule has 0 amide bonds. The topological polar surface area (TPSA) is 77.9 Å². The second kappa shape index (κ2) is 11.1. The van der Waals surface area contributed by atoms with Crippen LogP contribution in [0, 0.1) is 0 Å². The maximum Gasteiger partial charge on any atom is 0.225 e. The van der Waals surface area contributed by atoms with Crippen molar-refractivity contribution in [3.63, 3.8) is 0 Å². The Balaban J connectivity index is 1.27. The van der Waals surface area contributed by atoms with E-state index in [2.05, 4.69) is 35.4 Å². The number of hydrogen-bond donors (Lipinski definition) is 2. The number of guanidine groups is 1. The van der Waals surface area contributed by atoms with Gasteiger partial charge >= 0.3 is 0 Å². The minimum atomic E-state index is 0.591. The lowest BCUT2D eigenvalue weighted by Crippen LogP contribution is -2.49. The number of benzene rings is 1. The molecule has 0 saturated carbocycles. The maximum absolute atomic E-state index is 5.68. The van der Waals surface area contributed by atoms with Crippen LogP contribution in [0.1, 0.15) is 0 Å². The number of rotatable bonds is 8. The fourth-order valence-corrected chi connectivity index (χ4v) is 3.03. The number of nitrogens with one attached hydrogen (secondary N) is 2. The lowest BCUT2D eigenvalue weighted by Gasteiger charge is -2.34. The van der Waals surface area contributed by atoms with Crippen LogP contribution in [0.15, 0.2) is 53.8 Å². The highest BCUT2D eigenvalue weighted by atomic mass is 16.5. The van der Waals surface area contributed by atoms with Gasteiger partial charge in [0.1, 0.15) is 12.4 Å². The number of aromatic nitrogens is 2. The van der Waals surface area contributed by atoms with Gasteiger partial charge in [-0.2, -0.15) is 0 Å². The third-order valence-corrected chi connectivity index (χ3v) is 4.56. The summed E-state index contributed by atoms with van der Waals surface area (Å²) in [4.78, 5) is 17.6. The Hall–Kier alpha value is -2.87. The van der Waals surface area contributed by atoms with Crippen LogP contribution in [0.2, 0.25) is 0 Å². The van der Waals surface area contributed by atoms with Crippen molar-refractivity contribution in [2.75, 3.05) is 64.4 Å². The van der Waals surface area contributed by atoms with Crippen LogP contribution in [0.4, 0.5) is 5.95 Å². The molecule has 3 rings (SSSR count). The maximum atomic E-state index is 5.68. The molecule has 1 aromatic heterocycles. The highest BCUT2D eigenvalue weighted by molar-refractivity contribution is 5.79. The van der Waals surface area contributed by atoms with Gasteiger partial charge in [0.25, 0.3) is 0 Å². The fourth-order valence-electron chi connectivity index (χ4n) is 3.03. The standard InChI is InChI=1S/C20H29N7O/c1-21-19(23-11-17-28-18-6-3-2-4-7-18)22-10-12-26-13-15-27(16-14-26)20-24-8-5-9-25-20/h2-9H,10-17H2,1H3,(H2,21,22,23). The van der Waals surface area contributed by atoms with Gasteiger partial charge in [0, 0.05) is 58.7 Å². The van der Waals surface area contributed by atoms with E-state index in [1.54, 1.807) is 19.4 Å². The third-order valence-electron chi connectivity index (χ3n) is 4.56. The first kappa shape index (κ1) is 19.9. The van der Waals surface area contributed by atoms with Gasteiger partial charge in [-0.3, -0.25) is 9.89 Å². The summed E-state index contributed by atoms with van der Waals surface area (Å²) in [5.74, 6) is 2.50. The van der Waals surface area contributed by atoms with Gasteiger partial charge in [-0.05, 0) is 18.2 Å². The van der Waals surface area contributed by atoms with E-state index in [-0.39, 0.29) is 0 Å². The van der Waals surface area contributed by atoms with Gasteiger partial charge in [0.2, 0.25) is 5.95 Å². The number of ether oxygens (including phenoxy) is 1. The summed E-state index contributed by atoms with van der Waals surface area (Å²) >= 11 is 0. The molecule has 0 spiro atoms. The van der Waals surface area contributed by atoms with Gasteiger partial charge in [-0.1, -0.05) is 18.2 Å². The van der Waals surface area contributed by atoms with Crippen molar-refractivity contribution in [3.8, 4) is 5.75 Å². The normalized spacial score (nSPS) is 15.3. The van der Waals surface area contributed by atoms with Crippen LogP contribution in [0.25, 0.3) is 0 Å². The van der Waals surface area contributed by atoms with E-state index in [0.717, 1.165) is 56.9 Å². The van der Waals surface area contributed by atoms with E-state index >= 15 is 0 Å². The number of anilines is 1. The molecule has 1 aliphatic heterocycles. The Bertz CT molecular complexity index is 703. The highest BCUT2D eigenvalue weighted by Crippen LogP contribution is 2.09. The zero-order chi connectivity index (χ0) is 19.4. The predicted molar refractivity (Wildman–Crippen MR) is 112 cm³/mol. The van der Waals surface area contributed by atoms with Crippen LogP contribution < -0.4 is 20.3 Å². The Morgan fingerprint density at radius 1 is 1.00 bits per heavy atom. The molecule has 8 heteroatoms. The van der Waals surface area contributed by atoms with Crippen LogP contribution in [-0.4, -0.2) is 80.3 Å². The average molecular weight is 384 g/mol. The third kappa shape index (κ3) is 6.38. The molecule has 1 aliphatic rings. The molecular weight excluding hydrogens is 354 g/mol. The van der Waals surface area contributed by atoms with Crippen molar-refractivity contribution in [2.24, 2.45) is 4.99 Å². The van der Waals surface area contributed by atoms with E-state index in [0.29, 0.717) is 13.2 Å². The summed E-state index contributed by atoms with van der Waals surface area (Å²) in [7, 11) is 1.78. The second-order valence-corrected chi connectivity index (χ2v) is 6.46. The minimum Gasteiger partial charge on any atom is -0.492 e. The van der Waals surface area contributed by atoms with E-state index in [4.69, 9.17) is 4.74 Å². The zero-order valence-electron chi connectivity index (χ0n) is 16.4. The lowest BCUT2D eigenvalue weighted by atomic mass is 10.3. The molecule has 2 heterocycles. The van der Waals surface area contributed by atoms with Crippen LogP contribution in [-0.2, 0) is 0 Å². The fraction of sp³-hybridized carbons (Fsp3) is 0.450. The number of piperazine rings is 1. The zero-order valence-corrected chi connectivity index (χ0v) is 16.4. The molecule has 0 aliphatic carbocycles. The molecule has 2 aromatic rings.